The second-order valence-electron chi connectivity index (χ2n) is 7.80. The molecule has 1 heterocycles. The number of carboxylic acid groups (broad SMARTS) is 1. The summed E-state index contributed by atoms with van der Waals surface area (Å²) in [6.45, 7) is 0. The van der Waals surface area contributed by atoms with Gasteiger partial charge in [0, 0.05) is 35.2 Å². The van der Waals surface area contributed by atoms with Gasteiger partial charge in [-0.2, -0.15) is 0 Å². The summed E-state index contributed by atoms with van der Waals surface area (Å²) in [6.07, 6.45) is 1.41. The van der Waals surface area contributed by atoms with Gasteiger partial charge in [-0.3, -0.25) is 9.78 Å². The molecular formula is C26H18Cl2F2N2O4. The molecule has 36 heavy (non-hydrogen) atoms. The molecule has 184 valence electrons. The van der Waals surface area contributed by atoms with E-state index < -0.39 is 35.1 Å². The Hall–Kier alpha value is -3.75. The molecule has 0 saturated heterocycles. The number of hydrogen-bond donors (Lipinski definition) is 2. The van der Waals surface area contributed by atoms with Crippen LogP contribution in [0.25, 0.3) is 22.0 Å². The van der Waals surface area contributed by atoms with Gasteiger partial charge in [0.1, 0.15) is 29.0 Å². The number of rotatable bonds is 7. The highest BCUT2D eigenvalue weighted by atomic mass is 35.5. The Bertz CT molecular complexity index is 1480. The van der Waals surface area contributed by atoms with Crippen molar-refractivity contribution in [3.63, 3.8) is 0 Å². The molecule has 0 fully saturated rings. The molecule has 0 spiro atoms. The van der Waals surface area contributed by atoms with Crippen molar-refractivity contribution in [3.8, 4) is 16.9 Å². The monoisotopic (exact) mass is 530 g/mol. The number of hydrogen-bond acceptors (Lipinski definition) is 4. The zero-order valence-corrected chi connectivity index (χ0v) is 20.2. The molecule has 0 aliphatic carbocycles. The van der Waals surface area contributed by atoms with Crippen molar-refractivity contribution in [1.29, 1.82) is 0 Å². The minimum absolute atomic E-state index is 0.169. The summed E-state index contributed by atoms with van der Waals surface area (Å²) in [4.78, 5) is 28.9. The summed E-state index contributed by atoms with van der Waals surface area (Å²) in [7, 11) is 1.49. The number of ether oxygens (including phenoxy) is 1. The van der Waals surface area contributed by atoms with Crippen molar-refractivity contribution < 1.29 is 28.2 Å². The zero-order chi connectivity index (χ0) is 26.0. The largest absolute Gasteiger partial charge is 0.496 e. The van der Waals surface area contributed by atoms with Crippen molar-refractivity contribution in [2.75, 3.05) is 7.11 Å². The number of fused-ring (bicyclic) bond motifs is 1. The Morgan fingerprint density at radius 2 is 1.72 bits per heavy atom. The maximum Gasteiger partial charge on any atom is 0.326 e. The number of pyridine rings is 1. The number of carboxylic acids is 1. The van der Waals surface area contributed by atoms with Crippen LogP contribution in [0, 0.1) is 11.6 Å². The fourth-order valence-electron chi connectivity index (χ4n) is 3.90. The zero-order valence-electron chi connectivity index (χ0n) is 18.7. The smallest absolute Gasteiger partial charge is 0.326 e. The molecule has 1 amide bonds. The van der Waals surface area contributed by atoms with Gasteiger partial charge in [0.05, 0.1) is 22.7 Å². The molecule has 1 atom stereocenters. The van der Waals surface area contributed by atoms with Gasteiger partial charge in [0.2, 0.25) is 0 Å². The first kappa shape index (κ1) is 25.3. The minimum atomic E-state index is -1.47. The molecule has 6 nitrogen and oxygen atoms in total. The summed E-state index contributed by atoms with van der Waals surface area (Å²) in [5, 5.41) is 13.2. The third-order valence-corrected chi connectivity index (χ3v) is 6.33. The maximum absolute atomic E-state index is 14.0. The summed E-state index contributed by atoms with van der Waals surface area (Å²) in [6, 6.07) is 11.6. The fraction of sp³-hybridized carbons (Fsp3) is 0.115. The lowest BCUT2D eigenvalue weighted by atomic mass is 9.94. The number of benzene rings is 3. The van der Waals surface area contributed by atoms with Gasteiger partial charge in [0.15, 0.2) is 0 Å². The predicted molar refractivity (Wildman–Crippen MR) is 133 cm³/mol. The standard InChI is InChI=1S/C26H18Cl2F2N2O4/c1-36-22-12-18(28)17(27)11-16(22)15-8-7-13(14-4-3-9-31-24(14)15)10-21(26(34)35)32-25(33)23-19(29)5-2-6-20(23)30/h2-9,11-12,21H,10H2,1H3,(H,32,33)(H,34,35)/t21-/m0/s1. The quantitative estimate of drug-likeness (QED) is 0.309. The molecule has 0 bridgehead atoms. The topological polar surface area (TPSA) is 88.5 Å². The van der Waals surface area contributed by atoms with Gasteiger partial charge in [-0.25, -0.2) is 13.6 Å². The van der Waals surface area contributed by atoms with Crippen molar-refractivity contribution in [3.05, 3.63) is 93.6 Å². The molecule has 2 N–H and O–H groups in total. The Morgan fingerprint density at radius 1 is 1.03 bits per heavy atom. The van der Waals surface area contributed by atoms with Crippen LogP contribution in [0.1, 0.15) is 15.9 Å². The number of aromatic nitrogens is 1. The van der Waals surface area contributed by atoms with Crippen LogP contribution in [0.2, 0.25) is 10.0 Å². The van der Waals surface area contributed by atoms with E-state index in [1.54, 1.807) is 42.6 Å². The van der Waals surface area contributed by atoms with E-state index in [4.69, 9.17) is 27.9 Å². The number of methoxy groups -OCH3 is 1. The Morgan fingerprint density at radius 3 is 2.39 bits per heavy atom. The SMILES string of the molecule is COc1cc(Cl)c(Cl)cc1-c1ccc(C[C@H](NC(=O)c2c(F)cccc2F)C(=O)O)c2cccnc12. The number of nitrogens with one attached hydrogen (secondary N) is 1. The van der Waals surface area contributed by atoms with E-state index in [0.717, 1.165) is 18.2 Å². The number of carbonyl (C=O) groups excluding carboxylic acids is 1. The molecule has 0 aliphatic heterocycles. The highest BCUT2D eigenvalue weighted by Gasteiger charge is 2.26. The lowest BCUT2D eigenvalue weighted by molar-refractivity contribution is -0.139. The second-order valence-corrected chi connectivity index (χ2v) is 8.62. The number of amides is 1. The molecule has 10 heteroatoms. The molecule has 0 unspecified atom stereocenters. The lowest BCUT2D eigenvalue weighted by Crippen LogP contribution is -2.43. The average molecular weight is 531 g/mol. The highest BCUT2D eigenvalue weighted by molar-refractivity contribution is 6.42. The lowest BCUT2D eigenvalue weighted by Gasteiger charge is -2.18. The number of aliphatic carboxylic acids is 1. The Kier molecular flexibility index (Phi) is 7.37. The molecule has 1 aromatic heterocycles. The third kappa shape index (κ3) is 4.96. The van der Waals surface area contributed by atoms with E-state index in [2.05, 4.69) is 10.3 Å². The van der Waals surface area contributed by atoms with Gasteiger partial charge in [0.25, 0.3) is 5.91 Å². The molecule has 0 aliphatic rings. The Balaban J connectivity index is 1.74. The van der Waals surface area contributed by atoms with E-state index in [1.165, 1.54) is 7.11 Å². The van der Waals surface area contributed by atoms with Gasteiger partial charge < -0.3 is 15.2 Å². The fourth-order valence-corrected chi connectivity index (χ4v) is 4.22. The van der Waals surface area contributed by atoms with Crippen LogP contribution in [0.3, 0.4) is 0 Å². The van der Waals surface area contributed by atoms with E-state index in [-0.39, 0.29) is 6.42 Å². The minimum Gasteiger partial charge on any atom is -0.496 e. The first-order valence-electron chi connectivity index (χ1n) is 10.6. The molecule has 0 radical (unpaired) electrons. The van der Waals surface area contributed by atoms with Crippen molar-refractivity contribution in [2.45, 2.75) is 12.5 Å². The van der Waals surface area contributed by atoms with Crippen LogP contribution < -0.4 is 10.1 Å². The third-order valence-electron chi connectivity index (χ3n) is 5.61. The molecule has 3 aromatic carbocycles. The highest BCUT2D eigenvalue weighted by Crippen LogP contribution is 2.40. The second kappa shape index (κ2) is 10.5. The van der Waals surface area contributed by atoms with E-state index in [9.17, 15) is 23.5 Å². The number of halogens is 4. The van der Waals surface area contributed by atoms with Gasteiger partial charge in [-0.15, -0.1) is 0 Å². The Labute approximate surface area is 214 Å². The first-order chi connectivity index (χ1) is 17.2. The number of nitrogens with zero attached hydrogens (tertiary/aromatic N) is 1. The molecular weight excluding hydrogens is 513 g/mol. The van der Waals surface area contributed by atoms with Crippen molar-refractivity contribution in [1.82, 2.24) is 10.3 Å². The van der Waals surface area contributed by atoms with Gasteiger partial charge in [-0.1, -0.05) is 47.5 Å². The summed E-state index contributed by atoms with van der Waals surface area (Å²) in [5.41, 5.74) is 1.51. The summed E-state index contributed by atoms with van der Waals surface area (Å²) in [5.74, 6) is -4.26. The molecule has 0 saturated carbocycles. The molecule has 4 aromatic rings. The maximum atomic E-state index is 14.0. The predicted octanol–water partition coefficient (Wildman–Crippen LogP) is 5.92. The summed E-state index contributed by atoms with van der Waals surface area (Å²) >= 11 is 12.4. The average Bonchev–Trinajstić information content (AvgIpc) is 2.85. The van der Waals surface area contributed by atoms with Crippen LogP contribution in [-0.4, -0.2) is 35.1 Å². The first-order valence-corrected chi connectivity index (χ1v) is 11.3. The summed E-state index contributed by atoms with van der Waals surface area (Å²) < 4.78 is 33.5. The van der Waals surface area contributed by atoms with Gasteiger partial charge >= 0.3 is 5.97 Å². The van der Waals surface area contributed by atoms with Crippen LogP contribution in [0.5, 0.6) is 5.75 Å². The molecule has 4 rings (SSSR count). The van der Waals surface area contributed by atoms with Crippen molar-refractivity contribution >= 4 is 46.0 Å². The van der Waals surface area contributed by atoms with E-state index >= 15 is 0 Å². The normalized spacial score (nSPS) is 11.8. The van der Waals surface area contributed by atoms with Crippen LogP contribution >= 0.6 is 23.2 Å². The van der Waals surface area contributed by atoms with Crippen LogP contribution in [0.15, 0.2) is 60.8 Å². The van der Waals surface area contributed by atoms with Crippen molar-refractivity contribution in [2.24, 2.45) is 0 Å². The van der Waals surface area contributed by atoms with Crippen LogP contribution in [-0.2, 0) is 11.2 Å². The van der Waals surface area contributed by atoms with Crippen LogP contribution in [0.4, 0.5) is 8.78 Å². The van der Waals surface area contributed by atoms with Gasteiger partial charge in [-0.05, 0) is 29.8 Å². The van der Waals surface area contributed by atoms with E-state index in [1.807, 2.05) is 0 Å². The van der Waals surface area contributed by atoms with E-state index in [0.29, 0.717) is 43.4 Å². The number of carbonyl (C=O) groups is 2.